The van der Waals surface area contributed by atoms with E-state index in [0.29, 0.717) is 11.1 Å². The molecule has 1 heterocycles. The molecule has 2 aromatic carbocycles. The molecule has 3 aromatic rings. The Morgan fingerprint density at radius 3 is 2.68 bits per heavy atom. The quantitative estimate of drug-likeness (QED) is 0.711. The van der Waals surface area contributed by atoms with Crippen LogP contribution in [-0.4, -0.2) is 24.0 Å². The maximum Gasteiger partial charge on any atom is 0.267 e. The molecule has 0 fully saturated rings. The predicted octanol–water partition coefficient (Wildman–Crippen LogP) is 4.07. The zero-order valence-electron chi connectivity index (χ0n) is 14.3. The summed E-state index contributed by atoms with van der Waals surface area (Å²) in [6.45, 7) is 1.98. The Kier molecular flexibility index (Phi) is 5.03. The second-order valence-electron chi connectivity index (χ2n) is 6.18. The summed E-state index contributed by atoms with van der Waals surface area (Å²) >= 11 is 0. The summed E-state index contributed by atoms with van der Waals surface area (Å²) in [5.41, 5.74) is 2.39. The van der Waals surface area contributed by atoms with E-state index in [1.165, 1.54) is 17.7 Å². The first-order valence-corrected chi connectivity index (χ1v) is 8.27. The molecule has 130 valence electrons. The Morgan fingerprint density at radius 2 is 1.96 bits per heavy atom. The lowest BCUT2D eigenvalue weighted by Crippen LogP contribution is -2.33. The SMILES string of the molecule is COc1ccc(CCC(C)NC(=O)c2cc3cc(F)ccc3[nH]2)cc1. The van der Waals surface area contributed by atoms with Crippen molar-refractivity contribution in [1.82, 2.24) is 10.3 Å². The summed E-state index contributed by atoms with van der Waals surface area (Å²) < 4.78 is 18.4. The highest BCUT2D eigenvalue weighted by molar-refractivity contribution is 5.98. The smallest absolute Gasteiger partial charge is 0.267 e. The van der Waals surface area contributed by atoms with Gasteiger partial charge in [0.15, 0.2) is 0 Å². The molecule has 3 rings (SSSR count). The van der Waals surface area contributed by atoms with Crippen LogP contribution in [0.4, 0.5) is 4.39 Å². The molecule has 5 heteroatoms. The molecule has 1 aromatic heterocycles. The average molecular weight is 340 g/mol. The van der Waals surface area contributed by atoms with Crippen LogP contribution in [0.1, 0.15) is 29.4 Å². The van der Waals surface area contributed by atoms with Gasteiger partial charge < -0.3 is 15.0 Å². The van der Waals surface area contributed by atoms with Gasteiger partial charge in [-0.3, -0.25) is 4.79 Å². The number of methoxy groups -OCH3 is 1. The van der Waals surface area contributed by atoms with Gasteiger partial charge in [0.1, 0.15) is 17.3 Å². The minimum Gasteiger partial charge on any atom is -0.497 e. The number of aryl methyl sites for hydroxylation is 1. The van der Waals surface area contributed by atoms with Gasteiger partial charge >= 0.3 is 0 Å². The summed E-state index contributed by atoms with van der Waals surface area (Å²) in [7, 11) is 1.64. The molecule has 1 unspecified atom stereocenters. The van der Waals surface area contributed by atoms with Crippen molar-refractivity contribution in [1.29, 1.82) is 0 Å². The molecule has 0 aliphatic heterocycles. The van der Waals surface area contributed by atoms with Crippen LogP contribution in [0.3, 0.4) is 0 Å². The number of rotatable bonds is 6. The summed E-state index contributed by atoms with van der Waals surface area (Å²) in [5, 5.41) is 3.67. The summed E-state index contributed by atoms with van der Waals surface area (Å²) in [4.78, 5) is 15.4. The molecule has 0 saturated carbocycles. The van der Waals surface area contributed by atoms with E-state index in [9.17, 15) is 9.18 Å². The maximum atomic E-state index is 13.2. The minimum absolute atomic E-state index is 0.0257. The van der Waals surface area contributed by atoms with E-state index in [1.807, 2.05) is 31.2 Å². The lowest BCUT2D eigenvalue weighted by Gasteiger charge is -2.13. The number of carbonyl (C=O) groups is 1. The molecule has 25 heavy (non-hydrogen) atoms. The fraction of sp³-hybridized carbons (Fsp3) is 0.250. The van der Waals surface area contributed by atoms with Crippen LogP contribution in [0.15, 0.2) is 48.5 Å². The highest BCUT2D eigenvalue weighted by atomic mass is 19.1. The van der Waals surface area contributed by atoms with Crippen molar-refractivity contribution < 1.29 is 13.9 Å². The number of aromatic nitrogens is 1. The molecular weight excluding hydrogens is 319 g/mol. The zero-order valence-corrected chi connectivity index (χ0v) is 14.3. The number of hydrogen-bond donors (Lipinski definition) is 2. The molecule has 0 aliphatic rings. The second kappa shape index (κ2) is 7.38. The van der Waals surface area contributed by atoms with Gasteiger partial charge in [0.2, 0.25) is 0 Å². The van der Waals surface area contributed by atoms with E-state index in [-0.39, 0.29) is 17.8 Å². The molecule has 0 bridgehead atoms. The molecule has 0 aliphatic carbocycles. The van der Waals surface area contributed by atoms with Gasteiger partial charge in [-0.15, -0.1) is 0 Å². The van der Waals surface area contributed by atoms with Crippen molar-refractivity contribution in [2.75, 3.05) is 7.11 Å². The Labute approximate surface area is 146 Å². The van der Waals surface area contributed by atoms with E-state index >= 15 is 0 Å². The number of nitrogens with one attached hydrogen (secondary N) is 2. The zero-order chi connectivity index (χ0) is 17.8. The number of benzene rings is 2. The van der Waals surface area contributed by atoms with Crippen LogP contribution >= 0.6 is 0 Å². The lowest BCUT2D eigenvalue weighted by molar-refractivity contribution is 0.0934. The van der Waals surface area contributed by atoms with Crippen LogP contribution < -0.4 is 10.1 Å². The van der Waals surface area contributed by atoms with Gasteiger partial charge in [-0.05, 0) is 61.7 Å². The van der Waals surface area contributed by atoms with Crippen LogP contribution in [-0.2, 0) is 6.42 Å². The third-order valence-electron chi connectivity index (χ3n) is 4.23. The lowest BCUT2D eigenvalue weighted by atomic mass is 10.1. The van der Waals surface area contributed by atoms with Gasteiger partial charge in [0.05, 0.1) is 7.11 Å². The first-order chi connectivity index (χ1) is 12.0. The molecule has 1 amide bonds. The molecule has 1 atom stereocenters. The molecule has 0 spiro atoms. The Bertz CT molecular complexity index is 871. The monoisotopic (exact) mass is 340 g/mol. The maximum absolute atomic E-state index is 13.2. The van der Waals surface area contributed by atoms with Gasteiger partial charge in [0, 0.05) is 16.9 Å². The number of fused-ring (bicyclic) bond motifs is 1. The third-order valence-corrected chi connectivity index (χ3v) is 4.23. The predicted molar refractivity (Wildman–Crippen MR) is 96.5 cm³/mol. The van der Waals surface area contributed by atoms with E-state index in [2.05, 4.69) is 10.3 Å². The largest absolute Gasteiger partial charge is 0.497 e. The highest BCUT2D eigenvalue weighted by Crippen LogP contribution is 2.17. The Balaban J connectivity index is 1.57. The number of hydrogen-bond acceptors (Lipinski definition) is 2. The standard InChI is InChI=1S/C20H21FN2O2/c1-13(3-4-14-5-8-17(25-2)9-6-14)22-20(24)19-12-15-11-16(21)7-10-18(15)23-19/h5-13,23H,3-4H2,1-2H3,(H,22,24). The first kappa shape index (κ1) is 17.0. The van der Waals surface area contributed by atoms with Crippen molar-refractivity contribution in [3.05, 3.63) is 65.6 Å². The minimum atomic E-state index is -0.314. The van der Waals surface area contributed by atoms with Gasteiger partial charge in [0.25, 0.3) is 5.91 Å². The van der Waals surface area contributed by atoms with Crippen LogP contribution in [0.25, 0.3) is 10.9 Å². The Morgan fingerprint density at radius 1 is 1.20 bits per heavy atom. The summed E-state index contributed by atoms with van der Waals surface area (Å²) in [6.07, 6.45) is 1.69. The fourth-order valence-corrected chi connectivity index (χ4v) is 2.77. The van der Waals surface area contributed by atoms with E-state index in [0.717, 1.165) is 24.1 Å². The fourth-order valence-electron chi connectivity index (χ4n) is 2.77. The molecule has 4 nitrogen and oxygen atoms in total. The number of halogens is 1. The van der Waals surface area contributed by atoms with Crippen molar-refractivity contribution in [2.45, 2.75) is 25.8 Å². The number of ether oxygens (including phenoxy) is 1. The normalized spacial score (nSPS) is 12.1. The van der Waals surface area contributed by atoms with Crippen molar-refractivity contribution in [3.63, 3.8) is 0 Å². The first-order valence-electron chi connectivity index (χ1n) is 8.27. The topological polar surface area (TPSA) is 54.1 Å². The summed E-state index contributed by atoms with van der Waals surface area (Å²) in [6, 6.07) is 14.0. The average Bonchev–Trinajstić information content (AvgIpc) is 3.03. The Hall–Kier alpha value is -2.82. The number of carbonyl (C=O) groups excluding carboxylic acids is 1. The van der Waals surface area contributed by atoms with Gasteiger partial charge in [-0.2, -0.15) is 0 Å². The number of aromatic amines is 1. The summed E-state index contributed by atoms with van der Waals surface area (Å²) in [5.74, 6) is 0.338. The van der Waals surface area contributed by atoms with Crippen LogP contribution in [0.2, 0.25) is 0 Å². The van der Waals surface area contributed by atoms with Gasteiger partial charge in [-0.25, -0.2) is 4.39 Å². The van der Waals surface area contributed by atoms with Crippen molar-refractivity contribution in [2.24, 2.45) is 0 Å². The van der Waals surface area contributed by atoms with Gasteiger partial charge in [-0.1, -0.05) is 12.1 Å². The highest BCUT2D eigenvalue weighted by Gasteiger charge is 2.13. The number of amides is 1. The molecule has 0 radical (unpaired) electrons. The number of H-pyrrole nitrogens is 1. The van der Waals surface area contributed by atoms with Crippen LogP contribution in [0.5, 0.6) is 5.75 Å². The van der Waals surface area contributed by atoms with Crippen molar-refractivity contribution >= 4 is 16.8 Å². The molecular formula is C20H21FN2O2. The molecule has 2 N–H and O–H groups in total. The van der Waals surface area contributed by atoms with Crippen molar-refractivity contribution in [3.8, 4) is 5.75 Å². The third kappa shape index (κ3) is 4.18. The second-order valence-corrected chi connectivity index (χ2v) is 6.18. The van der Waals surface area contributed by atoms with E-state index in [4.69, 9.17) is 4.74 Å². The molecule has 0 saturated heterocycles. The van der Waals surface area contributed by atoms with E-state index in [1.54, 1.807) is 19.2 Å². The van der Waals surface area contributed by atoms with E-state index < -0.39 is 0 Å². The van der Waals surface area contributed by atoms with Crippen LogP contribution in [0, 0.1) is 5.82 Å².